The van der Waals surface area contributed by atoms with Crippen molar-refractivity contribution < 1.29 is 4.39 Å². The highest BCUT2D eigenvalue weighted by molar-refractivity contribution is 5.98. The third-order valence-electron chi connectivity index (χ3n) is 5.02. The average molecular weight is 350 g/mol. The fourth-order valence-corrected chi connectivity index (χ4v) is 3.73. The molecule has 1 atom stereocenters. The first kappa shape index (κ1) is 16.8. The zero-order valence-electron chi connectivity index (χ0n) is 14.8. The van der Waals surface area contributed by atoms with Crippen LogP contribution in [0.15, 0.2) is 42.6 Å². The maximum Gasteiger partial charge on any atom is 0.131 e. The highest BCUT2D eigenvalue weighted by Crippen LogP contribution is 2.35. The van der Waals surface area contributed by atoms with E-state index in [1.54, 1.807) is 12.3 Å². The second kappa shape index (κ2) is 6.92. The summed E-state index contributed by atoms with van der Waals surface area (Å²) in [6.07, 6.45) is 4.01. The van der Waals surface area contributed by atoms with Crippen molar-refractivity contribution in [1.82, 2.24) is 10.3 Å². The van der Waals surface area contributed by atoms with Crippen molar-refractivity contribution in [2.75, 3.05) is 24.1 Å². The molecule has 1 fully saturated rings. The van der Waals surface area contributed by atoms with Crippen LogP contribution in [-0.2, 0) is 0 Å². The molecule has 0 radical (unpaired) electrons. The number of nitrogen functional groups attached to an aromatic ring is 1. The lowest BCUT2D eigenvalue weighted by Gasteiger charge is -2.26. The number of nitrogens with one attached hydrogen (secondary N) is 2. The molecule has 134 valence electrons. The summed E-state index contributed by atoms with van der Waals surface area (Å²) in [4.78, 5) is 4.22. The molecule has 2 heterocycles. The molecule has 1 saturated heterocycles. The van der Waals surface area contributed by atoms with Gasteiger partial charge < -0.3 is 16.4 Å². The van der Waals surface area contributed by atoms with Crippen molar-refractivity contribution in [2.45, 2.75) is 25.8 Å². The largest absolute Gasteiger partial charge is 0.384 e. The van der Waals surface area contributed by atoms with E-state index in [9.17, 15) is 4.39 Å². The van der Waals surface area contributed by atoms with Crippen LogP contribution in [0.4, 0.5) is 15.9 Å². The van der Waals surface area contributed by atoms with E-state index in [0.717, 1.165) is 53.5 Å². The molecule has 1 aliphatic rings. The molecule has 0 bridgehead atoms. The van der Waals surface area contributed by atoms with Crippen LogP contribution >= 0.6 is 0 Å². The number of benzene rings is 2. The summed E-state index contributed by atoms with van der Waals surface area (Å²) in [5.41, 5.74) is 9.29. The number of nitrogens with two attached hydrogens (primary N) is 1. The summed E-state index contributed by atoms with van der Waals surface area (Å²) >= 11 is 0. The number of piperidine rings is 1. The van der Waals surface area contributed by atoms with Gasteiger partial charge in [-0.15, -0.1) is 0 Å². The van der Waals surface area contributed by atoms with Crippen molar-refractivity contribution in [3.63, 3.8) is 0 Å². The Morgan fingerprint density at radius 3 is 2.92 bits per heavy atom. The van der Waals surface area contributed by atoms with E-state index < -0.39 is 0 Å². The molecular weight excluding hydrogens is 327 g/mol. The molecule has 0 saturated carbocycles. The van der Waals surface area contributed by atoms with E-state index in [4.69, 9.17) is 5.73 Å². The van der Waals surface area contributed by atoms with Gasteiger partial charge in [0, 0.05) is 40.8 Å². The molecule has 2 aromatic carbocycles. The lowest BCUT2D eigenvalue weighted by Crippen LogP contribution is -2.38. The Labute approximate surface area is 152 Å². The van der Waals surface area contributed by atoms with Crippen LogP contribution in [0.25, 0.3) is 21.9 Å². The molecule has 26 heavy (non-hydrogen) atoms. The predicted octanol–water partition coefficient (Wildman–Crippen LogP) is 4.10. The third-order valence-corrected chi connectivity index (χ3v) is 5.02. The van der Waals surface area contributed by atoms with Gasteiger partial charge in [-0.1, -0.05) is 12.1 Å². The Morgan fingerprint density at radius 1 is 1.27 bits per heavy atom. The van der Waals surface area contributed by atoms with E-state index in [1.165, 1.54) is 6.07 Å². The summed E-state index contributed by atoms with van der Waals surface area (Å²) in [6.45, 7) is 3.91. The number of fused-ring (bicyclic) bond motifs is 1. The quantitative estimate of drug-likeness (QED) is 0.666. The van der Waals surface area contributed by atoms with Crippen molar-refractivity contribution in [3.05, 3.63) is 54.0 Å². The van der Waals surface area contributed by atoms with E-state index in [2.05, 4.69) is 15.6 Å². The topological polar surface area (TPSA) is 63.0 Å². The van der Waals surface area contributed by atoms with Gasteiger partial charge in [-0.25, -0.2) is 9.37 Å². The lowest BCUT2D eigenvalue weighted by molar-refractivity contribution is 0.480. The molecule has 1 aromatic heterocycles. The smallest absolute Gasteiger partial charge is 0.131 e. The number of aromatic nitrogens is 1. The van der Waals surface area contributed by atoms with Crippen LogP contribution in [0.2, 0.25) is 0 Å². The Kier molecular flexibility index (Phi) is 4.47. The Morgan fingerprint density at radius 2 is 2.15 bits per heavy atom. The molecule has 1 aliphatic heterocycles. The summed E-state index contributed by atoms with van der Waals surface area (Å²) < 4.78 is 14.5. The van der Waals surface area contributed by atoms with Gasteiger partial charge in [0.1, 0.15) is 11.6 Å². The zero-order chi connectivity index (χ0) is 18.1. The Hall–Kier alpha value is -2.66. The minimum atomic E-state index is -0.210. The van der Waals surface area contributed by atoms with Crippen LogP contribution < -0.4 is 16.4 Å². The second-order valence-electron chi connectivity index (χ2n) is 6.97. The normalized spacial score (nSPS) is 17.4. The maximum absolute atomic E-state index is 14.5. The predicted molar refractivity (Wildman–Crippen MR) is 106 cm³/mol. The Balaban J connectivity index is 1.86. The number of rotatable bonds is 3. The maximum atomic E-state index is 14.5. The van der Waals surface area contributed by atoms with Gasteiger partial charge in [0.2, 0.25) is 0 Å². The molecule has 0 spiro atoms. The van der Waals surface area contributed by atoms with E-state index in [-0.39, 0.29) is 5.82 Å². The minimum Gasteiger partial charge on any atom is -0.384 e. The number of hydrogen-bond donors (Lipinski definition) is 3. The van der Waals surface area contributed by atoms with Crippen molar-refractivity contribution in [3.8, 4) is 11.1 Å². The minimum absolute atomic E-state index is 0.210. The number of nitrogens with zero attached hydrogens (tertiary/aromatic N) is 1. The van der Waals surface area contributed by atoms with Gasteiger partial charge >= 0.3 is 0 Å². The van der Waals surface area contributed by atoms with Gasteiger partial charge in [-0.3, -0.25) is 0 Å². The molecule has 4 N–H and O–H groups in total. The lowest BCUT2D eigenvalue weighted by atomic mass is 9.96. The number of halogens is 1. The van der Waals surface area contributed by atoms with Crippen molar-refractivity contribution in [2.24, 2.45) is 0 Å². The standard InChI is InChI=1S/C21H23FN4/c1-13-4-2-6-18(22)21(13)14-8-15-11-25-20(23)10-17(15)19(9-14)26-16-5-3-7-24-12-16/h2,4,6,8-11,16,24,26H,3,5,7,12H2,1H3,(H2,23,25)/t16-/m1/s1. The second-order valence-corrected chi connectivity index (χ2v) is 6.97. The molecule has 0 amide bonds. The average Bonchev–Trinajstić information content (AvgIpc) is 2.63. The molecule has 0 aliphatic carbocycles. The summed E-state index contributed by atoms with van der Waals surface area (Å²) in [5.74, 6) is 0.273. The number of pyridine rings is 1. The SMILES string of the molecule is Cc1cccc(F)c1-c1cc(N[C@@H]2CCCNC2)c2cc(N)ncc2c1. The number of hydrogen-bond acceptors (Lipinski definition) is 4. The number of aryl methyl sites for hydroxylation is 1. The van der Waals surface area contributed by atoms with E-state index in [0.29, 0.717) is 17.4 Å². The first-order chi connectivity index (χ1) is 12.6. The summed E-state index contributed by atoms with van der Waals surface area (Å²) in [6, 6.07) is 11.4. The first-order valence-corrected chi connectivity index (χ1v) is 9.04. The molecule has 4 nitrogen and oxygen atoms in total. The summed E-state index contributed by atoms with van der Waals surface area (Å²) in [7, 11) is 0. The molecule has 0 unspecified atom stereocenters. The summed E-state index contributed by atoms with van der Waals surface area (Å²) in [5, 5.41) is 9.02. The molecule has 3 aromatic rings. The van der Waals surface area contributed by atoms with E-state index in [1.807, 2.05) is 31.2 Å². The van der Waals surface area contributed by atoms with Crippen LogP contribution in [0.5, 0.6) is 0 Å². The fraction of sp³-hybridized carbons (Fsp3) is 0.286. The Bertz CT molecular complexity index is 928. The van der Waals surface area contributed by atoms with Gasteiger partial charge in [-0.05, 0) is 61.7 Å². The van der Waals surface area contributed by atoms with Crippen LogP contribution in [0.1, 0.15) is 18.4 Å². The van der Waals surface area contributed by atoms with Crippen LogP contribution in [-0.4, -0.2) is 24.1 Å². The fourth-order valence-electron chi connectivity index (χ4n) is 3.73. The van der Waals surface area contributed by atoms with Crippen LogP contribution in [0.3, 0.4) is 0 Å². The molecule has 4 rings (SSSR count). The highest BCUT2D eigenvalue weighted by atomic mass is 19.1. The third kappa shape index (κ3) is 3.22. The highest BCUT2D eigenvalue weighted by Gasteiger charge is 2.16. The monoisotopic (exact) mass is 350 g/mol. The van der Waals surface area contributed by atoms with Gasteiger partial charge in [0.05, 0.1) is 0 Å². The van der Waals surface area contributed by atoms with Gasteiger partial charge in [0.25, 0.3) is 0 Å². The van der Waals surface area contributed by atoms with Crippen molar-refractivity contribution >= 4 is 22.3 Å². The molecule has 5 heteroatoms. The first-order valence-electron chi connectivity index (χ1n) is 9.04. The zero-order valence-corrected chi connectivity index (χ0v) is 14.8. The van der Waals surface area contributed by atoms with Gasteiger partial charge in [-0.2, -0.15) is 0 Å². The van der Waals surface area contributed by atoms with Crippen molar-refractivity contribution in [1.29, 1.82) is 0 Å². The molecular formula is C21H23FN4. The van der Waals surface area contributed by atoms with Crippen LogP contribution in [0, 0.1) is 12.7 Å². The van der Waals surface area contributed by atoms with Gasteiger partial charge in [0.15, 0.2) is 0 Å². The number of anilines is 2. The van der Waals surface area contributed by atoms with E-state index >= 15 is 0 Å².